The van der Waals surface area contributed by atoms with Crippen LogP contribution in [0, 0.1) is 6.92 Å². The fourth-order valence-electron chi connectivity index (χ4n) is 3.19. The second kappa shape index (κ2) is 6.29. The molecule has 1 saturated heterocycles. The van der Waals surface area contributed by atoms with Gasteiger partial charge in [0.05, 0.1) is 17.1 Å². The highest BCUT2D eigenvalue weighted by molar-refractivity contribution is 5.97. The monoisotopic (exact) mass is 340 g/mol. The van der Waals surface area contributed by atoms with Crippen molar-refractivity contribution < 1.29 is 9.53 Å². The van der Waals surface area contributed by atoms with Crippen LogP contribution in [-0.2, 0) is 11.8 Å². The molecular weight excluding hydrogens is 320 g/mol. The summed E-state index contributed by atoms with van der Waals surface area (Å²) < 4.78 is 7.90. The number of amides is 1. The van der Waals surface area contributed by atoms with E-state index < -0.39 is 0 Å². The van der Waals surface area contributed by atoms with Crippen molar-refractivity contribution >= 4 is 16.9 Å². The molecule has 1 amide bonds. The Balaban J connectivity index is 1.38. The molecule has 25 heavy (non-hydrogen) atoms. The minimum atomic E-state index is -0.104. The molecule has 4 rings (SSSR count). The van der Waals surface area contributed by atoms with Crippen LogP contribution >= 0.6 is 0 Å². The van der Waals surface area contributed by atoms with Gasteiger partial charge in [0.1, 0.15) is 18.3 Å². The molecule has 0 radical (unpaired) electrons. The summed E-state index contributed by atoms with van der Waals surface area (Å²) in [5.41, 5.74) is 2.47. The summed E-state index contributed by atoms with van der Waals surface area (Å²) in [7, 11) is 1.95. The number of carbonyl (C=O) groups is 1. The quantitative estimate of drug-likeness (QED) is 0.752. The van der Waals surface area contributed by atoms with Crippen LogP contribution in [-0.4, -0.2) is 43.3 Å². The van der Waals surface area contributed by atoms with E-state index in [1.807, 2.05) is 30.7 Å². The lowest BCUT2D eigenvalue weighted by molar-refractivity contribution is 0.0392. The first-order valence-corrected chi connectivity index (χ1v) is 8.34. The lowest BCUT2D eigenvalue weighted by atomic mass is 10.1. The van der Waals surface area contributed by atoms with Crippen LogP contribution in [0.1, 0.15) is 41.0 Å². The fourth-order valence-corrected chi connectivity index (χ4v) is 3.19. The number of hydrogen-bond donors (Lipinski definition) is 2. The number of carbonyl (C=O) groups excluding carboxylic acids is 1. The Hall–Kier alpha value is -2.74. The van der Waals surface area contributed by atoms with E-state index in [0.29, 0.717) is 12.1 Å². The van der Waals surface area contributed by atoms with E-state index in [1.165, 1.54) is 6.33 Å². The lowest BCUT2D eigenvalue weighted by Crippen LogP contribution is -2.31. The predicted octanol–water partition coefficient (Wildman–Crippen LogP) is 1.65. The van der Waals surface area contributed by atoms with Gasteiger partial charge in [-0.15, -0.1) is 0 Å². The van der Waals surface area contributed by atoms with Gasteiger partial charge in [0.25, 0.3) is 5.91 Å². The zero-order chi connectivity index (χ0) is 17.4. The first-order valence-electron chi connectivity index (χ1n) is 8.34. The number of hydrogen-bond acceptors (Lipinski definition) is 5. The summed E-state index contributed by atoms with van der Waals surface area (Å²) >= 11 is 0. The molecule has 1 aliphatic heterocycles. The average molecular weight is 340 g/mol. The summed E-state index contributed by atoms with van der Waals surface area (Å²) in [6.45, 7) is 2.42. The third-order valence-electron chi connectivity index (χ3n) is 4.70. The SMILES string of the molecule is Cc1nc2ccc(C(=O)NC[C@H]3CC[C@@H](c4ncn[nH]4)O3)cc2n1C. The molecule has 0 bridgehead atoms. The number of rotatable bonds is 4. The van der Waals surface area contributed by atoms with Crippen LogP contribution in [0.15, 0.2) is 24.5 Å². The number of nitrogens with one attached hydrogen (secondary N) is 2. The molecule has 2 atom stereocenters. The standard InChI is InChI=1S/C17H20N6O2/c1-10-21-13-5-3-11(7-14(13)23(10)2)17(24)18-8-12-4-6-15(25-12)16-19-9-20-22-16/h3,5,7,9,12,15H,4,6,8H2,1-2H3,(H,18,24)(H,19,20,22)/t12-,15+/m1/s1. The van der Waals surface area contributed by atoms with Gasteiger partial charge in [0.2, 0.25) is 0 Å². The van der Waals surface area contributed by atoms with Gasteiger partial charge in [-0.1, -0.05) is 0 Å². The second-order valence-electron chi connectivity index (χ2n) is 6.33. The van der Waals surface area contributed by atoms with Crippen molar-refractivity contribution in [3.8, 4) is 0 Å². The molecule has 1 fully saturated rings. The van der Waals surface area contributed by atoms with Crippen LogP contribution in [0.25, 0.3) is 11.0 Å². The molecular formula is C17H20N6O2. The van der Waals surface area contributed by atoms with Crippen LogP contribution in [0.3, 0.4) is 0 Å². The van der Waals surface area contributed by atoms with Crippen LogP contribution in [0.4, 0.5) is 0 Å². The summed E-state index contributed by atoms with van der Waals surface area (Å²) in [5.74, 6) is 1.56. The Morgan fingerprint density at radius 2 is 2.32 bits per heavy atom. The van der Waals surface area contributed by atoms with Gasteiger partial charge in [0.15, 0.2) is 5.82 Å². The largest absolute Gasteiger partial charge is 0.365 e. The molecule has 0 saturated carbocycles. The minimum absolute atomic E-state index is 0.0123. The molecule has 130 valence electrons. The number of H-pyrrole nitrogens is 1. The maximum atomic E-state index is 12.4. The van der Waals surface area contributed by atoms with Crippen molar-refractivity contribution in [3.63, 3.8) is 0 Å². The van der Waals surface area contributed by atoms with E-state index in [1.54, 1.807) is 6.07 Å². The van der Waals surface area contributed by atoms with Gasteiger partial charge in [-0.3, -0.25) is 9.89 Å². The normalized spacial score (nSPS) is 20.2. The van der Waals surface area contributed by atoms with E-state index >= 15 is 0 Å². The van der Waals surface area contributed by atoms with Gasteiger partial charge in [-0.2, -0.15) is 5.10 Å². The molecule has 2 N–H and O–H groups in total. The number of ether oxygens (including phenoxy) is 1. The van der Waals surface area contributed by atoms with Gasteiger partial charge in [-0.25, -0.2) is 9.97 Å². The smallest absolute Gasteiger partial charge is 0.251 e. The van der Waals surface area contributed by atoms with Gasteiger partial charge < -0.3 is 14.6 Å². The minimum Gasteiger partial charge on any atom is -0.365 e. The molecule has 0 aliphatic carbocycles. The molecule has 3 heterocycles. The van der Waals surface area contributed by atoms with Crippen LogP contribution in [0.2, 0.25) is 0 Å². The maximum absolute atomic E-state index is 12.4. The highest BCUT2D eigenvalue weighted by Gasteiger charge is 2.28. The molecule has 8 nitrogen and oxygen atoms in total. The molecule has 0 spiro atoms. The van der Waals surface area contributed by atoms with E-state index in [0.717, 1.165) is 35.5 Å². The zero-order valence-corrected chi connectivity index (χ0v) is 14.2. The van der Waals surface area contributed by atoms with E-state index in [2.05, 4.69) is 25.5 Å². The summed E-state index contributed by atoms with van der Waals surface area (Å²) in [6.07, 6.45) is 3.14. The number of fused-ring (bicyclic) bond motifs is 1. The van der Waals surface area contributed by atoms with E-state index in [4.69, 9.17) is 4.74 Å². The predicted molar refractivity (Wildman–Crippen MR) is 91.0 cm³/mol. The summed E-state index contributed by atoms with van der Waals surface area (Å²) in [5, 5.41) is 9.64. The second-order valence-corrected chi connectivity index (χ2v) is 6.33. The maximum Gasteiger partial charge on any atom is 0.251 e. The summed E-state index contributed by atoms with van der Waals surface area (Å²) in [4.78, 5) is 21.0. The molecule has 3 aromatic rings. The number of nitrogens with zero attached hydrogens (tertiary/aromatic N) is 4. The van der Waals surface area contributed by atoms with Crippen molar-refractivity contribution in [1.82, 2.24) is 30.0 Å². The van der Waals surface area contributed by atoms with Crippen molar-refractivity contribution in [2.45, 2.75) is 32.0 Å². The number of aryl methyl sites for hydroxylation is 2. The Morgan fingerprint density at radius 1 is 1.44 bits per heavy atom. The van der Waals surface area contributed by atoms with Crippen LogP contribution < -0.4 is 5.32 Å². The van der Waals surface area contributed by atoms with Crippen LogP contribution in [0.5, 0.6) is 0 Å². The third-order valence-corrected chi connectivity index (χ3v) is 4.70. The summed E-state index contributed by atoms with van der Waals surface area (Å²) in [6, 6.07) is 5.55. The van der Waals surface area contributed by atoms with E-state index in [-0.39, 0.29) is 18.1 Å². The van der Waals surface area contributed by atoms with Gasteiger partial charge in [0, 0.05) is 19.2 Å². The highest BCUT2D eigenvalue weighted by atomic mass is 16.5. The molecule has 2 aromatic heterocycles. The number of aromatic amines is 1. The van der Waals surface area contributed by atoms with Gasteiger partial charge >= 0.3 is 0 Å². The number of imidazole rings is 1. The Labute approximate surface area is 144 Å². The average Bonchev–Trinajstić information content (AvgIpc) is 3.34. The first kappa shape index (κ1) is 15.8. The molecule has 8 heteroatoms. The Kier molecular flexibility index (Phi) is 3.96. The highest BCUT2D eigenvalue weighted by Crippen LogP contribution is 2.30. The Morgan fingerprint density at radius 3 is 3.12 bits per heavy atom. The molecule has 1 aliphatic rings. The fraction of sp³-hybridized carbons (Fsp3) is 0.412. The van der Waals surface area contributed by atoms with E-state index in [9.17, 15) is 4.79 Å². The first-order chi connectivity index (χ1) is 12.1. The molecule has 0 unspecified atom stereocenters. The Bertz CT molecular complexity index is 901. The molecule has 1 aromatic carbocycles. The number of benzene rings is 1. The third kappa shape index (κ3) is 3.00. The zero-order valence-electron chi connectivity index (χ0n) is 14.2. The van der Waals surface area contributed by atoms with Gasteiger partial charge in [-0.05, 0) is 38.0 Å². The lowest BCUT2D eigenvalue weighted by Gasteiger charge is -2.13. The topological polar surface area (TPSA) is 97.7 Å². The van der Waals surface area contributed by atoms with Crippen molar-refractivity contribution in [2.24, 2.45) is 7.05 Å². The van der Waals surface area contributed by atoms with Crippen molar-refractivity contribution in [1.29, 1.82) is 0 Å². The van der Waals surface area contributed by atoms with Crippen molar-refractivity contribution in [2.75, 3.05) is 6.54 Å². The van der Waals surface area contributed by atoms with Crippen molar-refractivity contribution in [3.05, 3.63) is 41.7 Å². The number of aromatic nitrogens is 5.